The van der Waals surface area contributed by atoms with Gasteiger partial charge in [-0.15, -0.1) is 0 Å². The van der Waals surface area contributed by atoms with E-state index in [2.05, 4.69) is 4.74 Å². The average molecular weight is 267 g/mol. The van der Waals surface area contributed by atoms with Crippen molar-refractivity contribution in [1.82, 2.24) is 0 Å². The highest BCUT2D eigenvalue weighted by Gasteiger charge is 2.16. The maximum Gasteiger partial charge on any atom is 0.344 e. The Kier molecular flexibility index (Phi) is 4.99. The van der Waals surface area contributed by atoms with Crippen LogP contribution in [0.5, 0.6) is 5.75 Å². The summed E-state index contributed by atoms with van der Waals surface area (Å²) >= 11 is 0. The van der Waals surface area contributed by atoms with Crippen molar-refractivity contribution < 1.29 is 24.0 Å². The zero-order valence-corrected chi connectivity index (χ0v) is 10.5. The first kappa shape index (κ1) is 14.6. The van der Waals surface area contributed by atoms with Crippen LogP contribution in [-0.2, 0) is 9.53 Å². The van der Waals surface area contributed by atoms with Crippen LogP contribution in [0.2, 0.25) is 0 Å². The first-order valence-corrected chi connectivity index (χ1v) is 5.53. The third-order valence-corrected chi connectivity index (χ3v) is 2.20. The highest BCUT2D eigenvalue weighted by Crippen LogP contribution is 2.24. The molecule has 0 N–H and O–H groups in total. The lowest BCUT2D eigenvalue weighted by molar-refractivity contribution is -0.384. The van der Waals surface area contributed by atoms with Crippen molar-refractivity contribution in [3.63, 3.8) is 0 Å². The Morgan fingerprint density at radius 1 is 1.37 bits per heavy atom. The molecule has 1 rings (SSSR count). The van der Waals surface area contributed by atoms with Gasteiger partial charge in [0.25, 0.3) is 5.69 Å². The van der Waals surface area contributed by atoms with Gasteiger partial charge < -0.3 is 9.47 Å². The molecule has 102 valence electrons. The van der Waals surface area contributed by atoms with Gasteiger partial charge in [-0.1, -0.05) is 0 Å². The van der Waals surface area contributed by atoms with Crippen LogP contribution in [0.25, 0.3) is 0 Å². The SMILES string of the molecule is CCOC(=O)COc1ccc([N+](=O)[O-])cc1C(C)=O. The smallest absolute Gasteiger partial charge is 0.344 e. The van der Waals surface area contributed by atoms with Gasteiger partial charge in [0.05, 0.1) is 17.1 Å². The molecule has 0 aliphatic heterocycles. The first-order chi connectivity index (χ1) is 8.95. The molecule has 7 heteroatoms. The topological polar surface area (TPSA) is 95.7 Å². The van der Waals surface area contributed by atoms with Crippen molar-refractivity contribution in [3.05, 3.63) is 33.9 Å². The summed E-state index contributed by atoms with van der Waals surface area (Å²) in [6.07, 6.45) is 0. The van der Waals surface area contributed by atoms with Crippen LogP contribution < -0.4 is 4.74 Å². The maximum absolute atomic E-state index is 11.4. The van der Waals surface area contributed by atoms with E-state index < -0.39 is 10.9 Å². The number of hydrogen-bond acceptors (Lipinski definition) is 6. The van der Waals surface area contributed by atoms with Crippen LogP contribution in [0, 0.1) is 10.1 Å². The molecule has 0 fully saturated rings. The molecule has 0 heterocycles. The number of nitrogens with zero attached hydrogens (tertiary/aromatic N) is 1. The van der Waals surface area contributed by atoms with Crippen LogP contribution in [0.3, 0.4) is 0 Å². The molecule has 0 spiro atoms. The van der Waals surface area contributed by atoms with Gasteiger partial charge in [0, 0.05) is 12.1 Å². The van der Waals surface area contributed by atoms with Crippen molar-refractivity contribution in [2.45, 2.75) is 13.8 Å². The number of carbonyl (C=O) groups is 2. The molecule has 1 aromatic carbocycles. The summed E-state index contributed by atoms with van der Waals surface area (Å²) in [5, 5.41) is 10.6. The van der Waals surface area contributed by atoms with E-state index in [-0.39, 0.29) is 36.0 Å². The number of nitro groups is 1. The lowest BCUT2D eigenvalue weighted by Gasteiger charge is -2.09. The molecule has 0 aliphatic carbocycles. The van der Waals surface area contributed by atoms with E-state index in [0.717, 1.165) is 6.07 Å². The second-order valence-electron chi connectivity index (χ2n) is 3.59. The number of Topliss-reactive ketones (excluding diaryl/α,β-unsaturated/α-hetero) is 1. The molecule has 7 nitrogen and oxygen atoms in total. The number of nitro benzene ring substituents is 1. The molecular formula is C12H13NO6. The van der Waals surface area contributed by atoms with Crippen LogP contribution >= 0.6 is 0 Å². The fourth-order valence-electron chi connectivity index (χ4n) is 1.37. The number of carbonyl (C=O) groups excluding carboxylic acids is 2. The second-order valence-corrected chi connectivity index (χ2v) is 3.59. The molecule has 0 radical (unpaired) electrons. The van der Waals surface area contributed by atoms with E-state index >= 15 is 0 Å². The highest BCUT2D eigenvalue weighted by atomic mass is 16.6. The van der Waals surface area contributed by atoms with E-state index in [4.69, 9.17) is 4.74 Å². The van der Waals surface area contributed by atoms with Gasteiger partial charge in [0.2, 0.25) is 0 Å². The van der Waals surface area contributed by atoms with Gasteiger partial charge in [0.1, 0.15) is 5.75 Å². The second kappa shape index (κ2) is 6.48. The number of benzene rings is 1. The molecule has 0 aromatic heterocycles. The zero-order valence-electron chi connectivity index (χ0n) is 10.5. The largest absolute Gasteiger partial charge is 0.481 e. The summed E-state index contributed by atoms with van der Waals surface area (Å²) in [6.45, 7) is 2.79. The number of esters is 1. The molecule has 0 bridgehead atoms. The molecular weight excluding hydrogens is 254 g/mol. The van der Waals surface area contributed by atoms with E-state index in [1.54, 1.807) is 6.92 Å². The summed E-state index contributed by atoms with van der Waals surface area (Å²) in [7, 11) is 0. The Labute approximate surface area is 109 Å². The average Bonchev–Trinajstić information content (AvgIpc) is 2.36. The maximum atomic E-state index is 11.4. The third-order valence-electron chi connectivity index (χ3n) is 2.20. The molecule has 0 saturated heterocycles. The van der Waals surface area contributed by atoms with Crippen LogP contribution in [0.15, 0.2) is 18.2 Å². The Morgan fingerprint density at radius 2 is 2.05 bits per heavy atom. The third kappa shape index (κ3) is 4.06. The fourth-order valence-corrected chi connectivity index (χ4v) is 1.37. The lowest BCUT2D eigenvalue weighted by atomic mass is 10.1. The summed E-state index contributed by atoms with van der Waals surface area (Å²) in [5.74, 6) is -0.843. The predicted octanol–water partition coefficient (Wildman–Crippen LogP) is 1.74. The van der Waals surface area contributed by atoms with Crippen LogP contribution in [-0.4, -0.2) is 29.9 Å². The molecule has 1 aromatic rings. The molecule has 19 heavy (non-hydrogen) atoms. The van der Waals surface area contributed by atoms with E-state index in [0.29, 0.717) is 0 Å². The normalized spacial score (nSPS) is 9.79. The van der Waals surface area contributed by atoms with Gasteiger partial charge >= 0.3 is 5.97 Å². The summed E-state index contributed by atoms with van der Waals surface area (Å²) in [4.78, 5) is 32.5. The Bertz CT molecular complexity index is 511. The number of ketones is 1. The van der Waals surface area contributed by atoms with Crippen LogP contribution in [0.4, 0.5) is 5.69 Å². The number of non-ortho nitro benzene ring substituents is 1. The van der Waals surface area contributed by atoms with E-state index in [1.807, 2.05) is 0 Å². The van der Waals surface area contributed by atoms with Crippen molar-refractivity contribution in [2.75, 3.05) is 13.2 Å². The monoisotopic (exact) mass is 267 g/mol. The summed E-state index contributed by atoms with van der Waals surface area (Å²) in [5.41, 5.74) is -0.160. The van der Waals surface area contributed by atoms with Gasteiger partial charge in [-0.05, 0) is 19.9 Å². The summed E-state index contributed by atoms with van der Waals surface area (Å²) < 4.78 is 9.80. The first-order valence-electron chi connectivity index (χ1n) is 5.53. The minimum atomic E-state index is -0.610. The van der Waals surface area contributed by atoms with Crippen molar-refractivity contribution in [1.29, 1.82) is 0 Å². The summed E-state index contributed by atoms with van der Waals surface area (Å²) in [6, 6.07) is 3.60. The number of rotatable bonds is 6. The Morgan fingerprint density at radius 3 is 2.58 bits per heavy atom. The quantitative estimate of drug-likeness (QED) is 0.337. The molecule has 0 saturated carbocycles. The Hall–Kier alpha value is -2.44. The van der Waals surface area contributed by atoms with Crippen LogP contribution in [0.1, 0.15) is 24.2 Å². The molecule has 0 aliphatic rings. The highest BCUT2D eigenvalue weighted by molar-refractivity contribution is 5.97. The van der Waals surface area contributed by atoms with Gasteiger partial charge in [-0.25, -0.2) is 4.79 Å². The number of ether oxygens (including phenoxy) is 2. The van der Waals surface area contributed by atoms with Gasteiger partial charge in [-0.2, -0.15) is 0 Å². The minimum Gasteiger partial charge on any atom is -0.481 e. The zero-order chi connectivity index (χ0) is 14.4. The molecule has 0 amide bonds. The van der Waals surface area contributed by atoms with Crippen molar-refractivity contribution in [2.24, 2.45) is 0 Å². The van der Waals surface area contributed by atoms with Gasteiger partial charge in [-0.3, -0.25) is 14.9 Å². The van der Waals surface area contributed by atoms with Gasteiger partial charge in [0.15, 0.2) is 12.4 Å². The minimum absolute atomic E-state index is 0.0542. The van der Waals surface area contributed by atoms with E-state index in [1.165, 1.54) is 19.1 Å². The molecule has 0 unspecified atom stereocenters. The van der Waals surface area contributed by atoms with Crippen molar-refractivity contribution >= 4 is 17.4 Å². The lowest BCUT2D eigenvalue weighted by Crippen LogP contribution is -2.15. The van der Waals surface area contributed by atoms with E-state index in [9.17, 15) is 19.7 Å². The number of hydrogen-bond donors (Lipinski definition) is 0. The fraction of sp³-hybridized carbons (Fsp3) is 0.333. The Balaban J connectivity index is 2.91. The van der Waals surface area contributed by atoms with Crippen molar-refractivity contribution in [3.8, 4) is 5.75 Å². The predicted molar refractivity (Wildman–Crippen MR) is 65.2 cm³/mol. The standard InChI is InChI=1S/C12H13NO6/c1-3-18-12(15)7-19-11-5-4-9(13(16)17)6-10(11)8(2)14/h4-6H,3,7H2,1-2H3. The molecule has 0 atom stereocenters.